The van der Waals surface area contributed by atoms with E-state index in [1.54, 1.807) is 0 Å². The van der Waals surface area contributed by atoms with Gasteiger partial charge in [-0.25, -0.2) is 0 Å². The molecule has 0 saturated carbocycles. The Bertz CT molecular complexity index is 164. The topological polar surface area (TPSA) is 26.0 Å². The summed E-state index contributed by atoms with van der Waals surface area (Å²) in [4.78, 5) is 0. The first-order valence-corrected chi connectivity index (χ1v) is 3.72. The first-order chi connectivity index (χ1) is 4.63. The maximum Gasteiger partial charge on any atom is 0.0329 e. The van der Waals surface area contributed by atoms with E-state index in [0.717, 1.165) is 12.1 Å². The van der Waals surface area contributed by atoms with Crippen LogP contribution in [-0.2, 0) is 0 Å². The van der Waals surface area contributed by atoms with Gasteiger partial charge in [-0.05, 0) is 32.8 Å². The van der Waals surface area contributed by atoms with E-state index >= 15 is 0 Å². The van der Waals surface area contributed by atoms with Gasteiger partial charge in [-0.1, -0.05) is 18.6 Å². The summed E-state index contributed by atoms with van der Waals surface area (Å²) in [6.07, 6.45) is 3.07. The second-order valence-electron chi connectivity index (χ2n) is 2.52. The second-order valence-corrected chi connectivity index (χ2v) is 2.52. The molecule has 1 nitrogen and oxygen atoms in total. The SMILES string of the molecule is C/C=C(C)\C(N)=C(\C)CC. The highest BCUT2D eigenvalue weighted by molar-refractivity contribution is 5.29. The van der Waals surface area contributed by atoms with Gasteiger partial charge in [0.05, 0.1) is 0 Å². The third kappa shape index (κ3) is 2.26. The van der Waals surface area contributed by atoms with Gasteiger partial charge in [0, 0.05) is 5.70 Å². The lowest BCUT2D eigenvalue weighted by Gasteiger charge is -2.04. The monoisotopic (exact) mass is 139 g/mol. The average molecular weight is 139 g/mol. The van der Waals surface area contributed by atoms with Crippen LogP contribution in [0.4, 0.5) is 0 Å². The van der Waals surface area contributed by atoms with Gasteiger partial charge in [0.1, 0.15) is 0 Å². The fourth-order valence-corrected chi connectivity index (χ4v) is 0.683. The van der Waals surface area contributed by atoms with E-state index in [1.807, 2.05) is 19.9 Å². The van der Waals surface area contributed by atoms with Gasteiger partial charge in [0.2, 0.25) is 0 Å². The van der Waals surface area contributed by atoms with Crippen molar-refractivity contribution in [1.82, 2.24) is 0 Å². The van der Waals surface area contributed by atoms with E-state index in [2.05, 4.69) is 13.8 Å². The number of rotatable bonds is 2. The molecular weight excluding hydrogens is 122 g/mol. The van der Waals surface area contributed by atoms with Crippen LogP contribution in [0.1, 0.15) is 34.1 Å². The molecule has 58 valence electrons. The number of nitrogens with two attached hydrogens (primary N) is 1. The van der Waals surface area contributed by atoms with Crippen LogP contribution in [0, 0.1) is 0 Å². The zero-order chi connectivity index (χ0) is 8.15. The largest absolute Gasteiger partial charge is 0.399 e. The summed E-state index contributed by atoms with van der Waals surface area (Å²) in [5, 5.41) is 0. The van der Waals surface area contributed by atoms with Crippen molar-refractivity contribution in [3.8, 4) is 0 Å². The molecule has 0 fully saturated rings. The van der Waals surface area contributed by atoms with Crippen molar-refractivity contribution in [2.45, 2.75) is 34.1 Å². The molecule has 0 amide bonds. The highest BCUT2D eigenvalue weighted by Gasteiger charge is 1.95. The first kappa shape index (κ1) is 9.28. The highest BCUT2D eigenvalue weighted by Crippen LogP contribution is 2.10. The summed E-state index contributed by atoms with van der Waals surface area (Å²) in [6.45, 7) is 8.23. The molecule has 0 bridgehead atoms. The Morgan fingerprint density at radius 2 is 1.90 bits per heavy atom. The van der Waals surface area contributed by atoms with E-state index in [-0.39, 0.29) is 0 Å². The number of hydrogen-bond acceptors (Lipinski definition) is 1. The summed E-state index contributed by atoms with van der Waals surface area (Å²) in [7, 11) is 0. The zero-order valence-corrected chi connectivity index (χ0v) is 7.36. The van der Waals surface area contributed by atoms with Crippen LogP contribution in [0.3, 0.4) is 0 Å². The van der Waals surface area contributed by atoms with Crippen molar-refractivity contribution >= 4 is 0 Å². The Balaban J connectivity index is 4.46. The maximum absolute atomic E-state index is 5.79. The van der Waals surface area contributed by atoms with Crippen LogP contribution in [-0.4, -0.2) is 0 Å². The van der Waals surface area contributed by atoms with Crippen molar-refractivity contribution in [1.29, 1.82) is 0 Å². The summed E-state index contributed by atoms with van der Waals surface area (Å²) < 4.78 is 0. The van der Waals surface area contributed by atoms with Crippen LogP contribution >= 0.6 is 0 Å². The molecule has 0 heterocycles. The van der Waals surface area contributed by atoms with Crippen molar-refractivity contribution in [3.05, 3.63) is 22.9 Å². The minimum Gasteiger partial charge on any atom is -0.399 e. The van der Waals surface area contributed by atoms with Gasteiger partial charge in [0.15, 0.2) is 0 Å². The fourth-order valence-electron chi connectivity index (χ4n) is 0.683. The normalized spacial score (nSPS) is 15.0. The van der Waals surface area contributed by atoms with Gasteiger partial charge in [-0.2, -0.15) is 0 Å². The van der Waals surface area contributed by atoms with Gasteiger partial charge in [-0.3, -0.25) is 0 Å². The van der Waals surface area contributed by atoms with E-state index in [9.17, 15) is 0 Å². The predicted molar refractivity (Wildman–Crippen MR) is 46.6 cm³/mol. The molecule has 0 aromatic rings. The molecular formula is C9H17N. The predicted octanol–water partition coefficient (Wildman–Crippen LogP) is 2.60. The van der Waals surface area contributed by atoms with Crippen molar-refractivity contribution in [3.63, 3.8) is 0 Å². The number of hydrogen-bond donors (Lipinski definition) is 1. The lowest BCUT2D eigenvalue weighted by atomic mass is 10.1. The summed E-state index contributed by atoms with van der Waals surface area (Å²) in [6, 6.07) is 0. The van der Waals surface area contributed by atoms with Crippen LogP contribution in [0.15, 0.2) is 22.9 Å². The number of allylic oxidation sites excluding steroid dienone is 3. The van der Waals surface area contributed by atoms with E-state index in [1.165, 1.54) is 11.1 Å². The molecule has 10 heavy (non-hydrogen) atoms. The lowest BCUT2D eigenvalue weighted by molar-refractivity contribution is 1.04. The summed E-state index contributed by atoms with van der Waals surface area (Å²) >= 11 is 0. The Morgan fingerprint density at radius 3 is 2.20 bits per heavy atom. The molecule has 2 N–H and O–H groups in total. The molecule has 0 aliphatic rings. The van der Waals surface area contributed by atoms with E-state index < -0.39 is 0 Å². The molecule has 1 heteroatoms. The smallest absolute Gasteiger partial charge is 0.0329 e. The lowest BCUT2D eigenvalue weighted by Crippen LogP contribution is -2.01. The van der Waals surface area contributed by atoms with E-state index in [4.69, 9.17) is 5.73 Å². The van der Waals surface area contributed by atoms with Crippen molar-refractivity contribution < 1.29 is 0 Å². The third-order valence-electron chi connectivity index (χ3n) is 1.85. The molecule has 0 aromatic heterocycles. The van der Waals surface area contributed by atoms with Crippen LogP contribution in [0.25, 0.3) is 0 Å². The van der Waals surface area contributed by atoms with Crippen LogP contribution < -0.4 is 5.73 Å². The van der Waals surface area contributed by atoms with Gasteiger partial charge < -0.3 is 5.73 Å². The van der Waals surface area contributed by atoms with Crippen molar-refractivity contribution in [2.75, 3.05) is 0 Å². The molecule has 0 radical (unpaired) electrons. The Hall–Kier alpha value is -0.720. The molecule has 0 aliphatic heterocycles. The van der Waals surface area contributed by atoms with E-state index in [0.29, 0.717) is 0 Å². The van der Waals surface area contributed by atoms with Gasteiger partial charge in [-0.15, -0.1) is 0 Å². The molecule has 0 spiro atoms. The molecule has 0 aromatic carbocycles. The first-order valence-electron chi connectivity index (χ1n) is 3.72. The Labute approximate surface area is 63.6 Å². The summed E-state index contributed by atoms with van der Waals surface area (Å²) in [5.74, 6) is 0. The molecule has 0 saturated heterocycles. The minimum atomic E-state index is 0.949. The Kier molecular flexibility index (Phi) is 3.85. The van der Waals surface area contributed by atoms with Crippen molar-refractivity contribution in [2.24, 2.45) is 5.73 Å². The third-order valence-corrected chi connectivity index (χ3v) is 1.85. The molecule has 0 rings (SSSR count). The zero-order valence-electron chi connectivity index (χ0n) is 7.36. The summed E-state index contributed by atoms with van der Waals surface area (Å²) in [5.41, 5.74) is 9.20. The van der Waals surface area contributed by atoms with Gasteiger partial charge >= 0.3 is 0 Å². The maximum atomic E-state index is 5.79. The highest BCUT2D eigenvalue weighted by atomic mass is 14.6. The fraction of sp³-hybridized carbons (Fsp3) is 0.556. The van der Waals surface area contributed by atoms with Crippen LogP contribution in [0.2, 0.25) is 0 Å². The average Bonchev–Trinajstić information content (AvgIpc) is 2.00. The van der Waals surface area contributed by atoms with Crippen LogP contribution in [0.5, 0.6) is 0 Å². The minimum absolute atomic E-state index is 0.949. The molecule has 0 atom stereocenters. The standard InChI is InChI=1S/C9H17N/c1-5-7(3)9(10)8(4)6-2/h5H,6,10H2,1-4H3/b7-5-,9-8+. The quantitative estimate of drug-likeness (QED) is 0.585. The second kappa shape index (κ2) is 4.15. The molecule has 0 aliphatic carbocycles. The Morgan fingerprint density at radius 1 is 1.40 bits per heavy atom. The van der Waals surface area contributed by atoms with Gasteiger partial charge in [0.25, 0.3) is 0 Å². The molecule has 0 unspecified atom stereocenters.